The molecule has 0 bridgehead atoms. The summed E-state index contributed by atoms with van der Waals surface area (Å²) in [6.07, 6.45) is 0. The predicted molar refractivity (Wildman–Crippen MR) is 110 cm³/mol. The molecule has 0 heterocycles. The molecule has 4 rings (SSSR count). The molecule has 0 N–H and O–H groups in total. The van der Waals surface area contributed by atoms with Crippen molar-refractivity contribution in [2.45, 2.75) is 47.5 Å². The van der Waals surface area contributed by atoms with Gasteiger partial charge in [-0.3, -0.25) is 0 Å². The molecular weight excluding hydrogens is 300 g/mol. The second-order valence-corrected chi connectivity index (χ2v) is 6.94. The fourth-order valence-electron chi connectivity index (χ4n) is 4.13. The maximum absolute atomic E-state index is 2.38. The minimum absolute atomic E-state index is 0.495. The Kier molecular flexibility index (Phi) is 4.81. The van der Waals surface area contributed by atoms with Gasteiger partial charge in [0, 0.05) is 5.92 Å². The van der Waals surface area contributed by atoms with Gasteiger partial charge in [-0.05, 0) is 65.8 Å². The van der Waals surface area contributed by atoms with E-state index in [1.807, 2.05) is 13.8 Å². The molecule has 0 aliphatic heterocycles. The number of fused-ring (bicyclic) bond motifs is 3. The molecule has 1 atom stereocenters. The van der Waals surface area contributed by atoms with Crippen molar-refractivity contribution in [3.8, 4) is 22.3 Å². The Morgan fingerprint density at radius 1 is 0.680 bits per heavy atom. The second kappa shape index (κ2) is 6.88. The lowest BCUT2D eigenvalue weighted by Gasteiger charge is -2.10. The molecule has 25 heavy (non-hydrogen) atoms. The first-order valence-electron chi connectivity index (χ1n) is 9.37. The molecule has 0 saturated carbocycles. The lowest BCUT2D eigenvalue weighted by molar-refractivity contribution is 0.944. The zero-order valence-corrected chi connectivity index (χ0v) is 16.3. The molecule has 0 spiro atoms. The molecule has 0 amide bonds. The summed E-state index contributed by atoms with van der Waals surface area (Å²) < 4.78 is 0. The molecule has 0 saturated heterocycles. The Morgan fingerprint density at radius 3 is 2.04 bits per heavy atom. The van der Waals surface area contributed by atoms with Crippen molar-refractivity contribution in [1.82, 2.24) is 0 Å². The van der Waals surface area contributed by atoms with Crippen LogP contribution in [0.1, 0.15) is 54.5 Å². The molecule has 3 aromatic carbocycles. The van der Waals surface area contributed by atoms with Crippen LogP contribution in [-0.2, 0) is 0 Å². The zero-order valence-electron chi connectivity index (χ0n) is 16.3. The van der Waals surface area contributed by atoms with Crippen molar-refractivity contribution in [3.05, 3.63) is 82.4 Å². The van der Waals surface area contributed by atoms with Crippen molar-refractivity contribution in [2.24, 2.45) is 0 Å². The summed E-state index contributed by atoms with van der Waals surface area (Å²) in [5, 5.41) is 0. The fraction of sp³-hybridized carbons (Fsp3) is 0.280. The van der Waals surface area contributed by atoms with E-state index in [2.05, 4.69) is 82.3 Å². The third-order valence-electron chi connectivity index (χ3n) is 5.12. The number of benzene rings is 3. The van der Waals surface area contributed by atoms with Gasteiger partial charge in [-0.2, -0.15) is 0 Å². The quantitative estimate of drug-likeness (QED) is 0.435. The monoisotopic (exact) mass is 328 g/mol. The topological polar surface area (TPSA) is 0 Å². The molecule has 128 valence electrons. The maximum Gasteiger partial charge on any atom is 0.00759 e. The average molecular weight is 328 g/mol. The van der Waals surface area contributed by atoms with Gasteiger partial charge in [0.2, 0.25) is 0 Å². The van der Waals surface area contributed by atoms with Gasteiger partial charge >= 0.3 is 0 Å². The van der Waals surface area contributed by atoms with Crippen molar-refractivity contribution < 1.29 is 0 Å². The van der Waals surface area contributed by atoms with Crippen molar-refractivity contribution in [3.63, 3.8) is 0 Å². The van der Waals surface area contributed by atoms with Gasteiger partial charge in [0.1, 0.15) is 0 Å². The average Bonchev–Trinajstić information content (AvgIpc) is 2.89. The lowest BCUT2D eigenvalue weighted by atomic mass is 9.94. The molecule has 1 unspecified atom stereocenters. The largest absolute Gasteiger partial charge is 0.0683 e. The third kappa shape index (κ3) is 3.02. The minimum Gasteiger partial charge on any atom is -0.0683 e. The standard InChI is InChI=1S/C23H22.C2H6/c1-14-10-15(2)12-19(11-14)18-8-9-20-17(4)23-16(3)6-5-7-21(23)22(20)13-18;1-2/h5-13,17H,1-4H3;1-2H3. The van der Waals surface area contributed by atoms with Crippen LogP contribution in [0.5, 0.6) is 0 Å². The Bertz CT molecular complexity index is 895. The first kappa shape index (κ1) is 17.5. The molecular formula is C25H28. The Balaban J connectivity index is 0.000000880. The lowest BCUT2D eigenvalue weighted by Crippen LogP contribution is -1.92. The summed E-state index contributed by atoms with van der Waals surface area (Å²) in [6.45, 7) is 12.9. The summed E-state index contributed by atoms with van der Waals surface area (Å²) >= 11 is 0. The van der Waals surface area contributed by atoms with E-state index in [-0.39, 0.29) is 0 Å². The summed E-state index contributed by atoms with van der Waals surface area (Å²) in [6, 6.07) is 20.5. The molecule has 0 radical (unpaired) electrons. The van der Waals surface area contributed by atoms with Crippen LogP contribution in [0.4, 0.5) is 0 Å². The summed E-state index contributed by atoms with van der Waals surface area (Å²) in [5.74, 6) is 0.495. The van der Waals surface area contributed by atoms with Gasteiger partial charge in [-0.1, -0.05) is 80.4 Å². The van der Waals surface area contributed by atoms with Gasteiger partial charge in [-0.15, -0.1) is 0 Å². The van der Waals surface area contributed by atoms with Crippen LogP contribution < -0.4 is 0 Å². The Morgan fingerprint density at radius 2 is 1.36 bits per heavy atom. The van der Waals surface area contributed by atoms with Crippen molar-refractivity contribution in [2.75, 3.05) is 0 Å². The van der Waals surface area contributed by atoms with Crippen LogP contribution in [0, 0.1) is 20.8 Å². The zero-order chi connectivity index (χ0) is 18.1. The minimum atomic E-state index is 0.495. The van der Waals surface area contributed by atoms with Crippen LogP contribution in [0.25, 0.3) is 22.3 Å². The number of hydrogen-bond donors (Lipinski definition) is 0. The molecule has 0 fully saturated rings. The molecule has 1 aliphatic rings. The van der Waals surface area contributed by atoms with Crippen LogP contribution >= 0.6 is 0 Å². The molecule has 1 aliphatic carbocycles. The van der Waals surface area contributed by atoms with Gasteiger partial charge < -0.3 is 0 Å². The van der Waals surface area contributed by atoms with Crippen LogP contribution in [0.15, 0.2) is 54.6 Å². The number of aryl methyl sites for hydroxylation is 3. The molecule has 3 aromatic rings. The highest BCUT2D eigenvalue weighted by Crippen LogP contribution is 2.47. The van der Waals surface area contributed by atoms with E-state index in [0.717, 1.165) is 0 Å². The molecule has 0 aromatic heterocycles. The van der Waals surface area contributed by atoms with E-state index < -0.39 is 0 Å². The third-order valence-corrected chi connectivity index (χ3v) is 5.12. The van der Waals surface area contributed by atoms with Crippen LogP contribution in [0.2, 0.25) is 0 Å². The van der Waals surface area contributed by atoms with E-state index in [1.54, 1.807) is 0 Å². The van der Waals surface area contributed by atoms with E-state index in [4.69, 9.17) is 0 Å². The fourth-order valence-corrected chi connectivity index (χ4v) is 4.13. The van der Waals surface area contributed by atoms with Crippen molar-refractivity contribution in [1.29, 1.82) is 0 Å². The van der Waals surface area contributed by atoms with E-state index in [0.29, 0.717) is 5.92 Å². The highest BCUT2D eigenvalue weighted by atomic mass is 14.3. The smallest absolute Gasteiger partial charge is 0.00759 e. The van der Waals surface area contributed by atoms with Gasteiger partial charge in [-0.25, -0.2) is 0 Å². The Labute approximate surface area is 152 Å². The molecule has 0 heteroatoms. The van der Waals surface area contributed by atoms with E-state index in [9.17, 15) is 0 Å². The summed E-state index contributed by atoms with van der Waals surface area (Å²) in [4.78, 5) is 0. The highest BCUT2D eigenvalue weighted by Gasteiger charge is 2.26. The van der Waals surface area contributed by atoms with Crippen LogP contribution in [0.3, 0.4) is 0 Å². The van der Waals surface area contributed by atoms with Gasteiger partial charge in [0.25, 0.3) is 0 Å². The predicted octanol–water partition coefficient (Wildman–Crippen LogP) is 7.44. The maximum atomic E-state index is 2.38. The van der Waals surface area contributed by atoms with Gasteiger partial charge in [0.05, 0.1) is 0 Å². The first-order chi connectivity index (χ1) is 12.0. The van der Waals surface area contributed by atoms with Crippen LogP contribution in [-0.4, -0.2) is 0 Å². The van der Waals surface area contributed by atoms with Crippen molar-refractivity contribution >= 4 is 0 Å². The summed E-state index contributed by atoms with van der Waals surface area (Å²) in [7, 11) is 0. The normalized spacial score (nSPS) is 14.4. The SMILES string of the molecule is CC.Cc1cc(C)cc(-c2ccc3c(c2)-c2cccc(C)c2C3C)c1. The van der Waals surface area contributed by atoms with Gasteiger partial charge in [0.15, 0.2) is 0 Å². The Hall–Kier alpha value is -2.34. The second-order valence-electron chi connectivity index (χ2n) is 6.94. The molecule has 0 nitrogen and oxygen atoms in total. The summed E-state index contributed by atoms with van der Waals surface area (Å²) in [5.41, 5.74) is 12.5. The van der Waals surface area contributed by atoms with E-state index in [1.165, 1.54) is 50.1 Å². The number of rotatable bonds is 1. The number of hydrogen-bond acceptors (Lipinski definition) is 0. The first-order valence-corrected chi connectivity index (χ1v) is 9.37. The van der Waals surface area contributed by atoms with E-state index >= 15 is 0 Å². The highest BCUT2D eigenvalue weighted by molar-refractivity contribution is 5.83.